The van der Waals surface area contributed by atoms with Crippen molar-refractivity contribution in [2.45, 2.75) is 79.6 Å². The molecule has 0 aromatic rings. The Morgan fingerprint density at radius 3 is 1.29 bits per heavy atom. The van der Waals surface area contributed by atoms with Crippen LogP contribution >= 0.6 is 11.6 Å². The molecule has 0 unspecified atom stereocenters. The minimum Gasteiger partial charge on any atom is -1.00 e. The summed E-state index contributed by atoms with van der Waals surface area (Å²) in [5.74, 6) is 0. The molecule has 0 aliphatic heterocycles. The van der Waals surface area contributed by atoms with Crippen molar-refractivity contribution in [2.24, 2.45) is 0 Å². The van der Waals surface area contributed by atoms with Gasteiger partial charge in [-0.2, -0.15) is 0 Å². The average molecular weight is 283 g/mol. The minimum absolute atomic E-state index is 0. The highest BCUT2D eigenvalue weighted by atomic mass is 35.5. The van der Waals surface area contributed by atoms with Gasteiger partial charge in [0.1, 0.15) is 0 Å². The zero-order chi connectivity index (χ0) is 13.0. The second kappa shape index (κ2) is 8.20. The normalized spacial score (nSPS) is 11.1. The highest BCUT2D eigenvalue weighted by Crippen LogP contribution is 2.12. The van der Waals surface area contributed by atoms with Gasteiger partial charge in [0.2, 0.25) is 0 Å². The Morgan fingerprint density at radius 2 is 1.12 bits per heavy atom. The zero-order valence-corrected chi connectivity index (χ0v) is 14.0. The van der Waals surface area contributed by atoms with E-state index in [1.54, 1.807) is 0 Å². The fourth-order valence-electron chi connectivity index (χ4n) is 2.18. The summed E-state index contributed by atoms with van der Waals surface area (Å²) in [6, 6.07) is 1.69. The van der Waals surface area contributed by atoms with Crippen molar-refractivity contribution in [1.29, 1.82) is 0 Å². The van der Waals surface area contributed by atoms with Gasteiger partial charge in [0.25, 0.3) is 0 Å². The number of amidine groups is 1. The molecule has 0 fully saturated rings. The first kappa shape index (κ1) is 19.4. The number of halogens is 2. The van der Waals surface area contributed by atoms with Crippen LogP contribution in [0.25, 0.3) is 0 Å². The van der Waals surface area contributed by atoms with Crippen molar-refractivity contribution in [3.8, 4) is 0 Å². The van der Waals surface area contributed by atoms with Gasteiger partial charge in [0.05, 0.1) is 24.2 Å². The molecule has 104 valence electrons. The lowest BCUT2D eigenvalue weighted by molar-refractivity contribution is -0.590. The molecule has 0 saturated carbocycles. The Labute approximate surface area is 118 Å². The summed E-state index contributed by atoms with van der Waals surface area (Å²) in [5, 5.41) is 0.870. The summed E-state index contributed by atoms with van der Waals surface area (Å²) in [6.45, 7) is 17.5. The highest BCUT2D eigenvalue weighted by molar-refractivity contribution is 6.63. The van der Waals surface area contributed by atoms with Gasteiger partial charge >= 0.3 is 5.29 Å². The molecule has 0 aliphatic carbocycles. The van der Waals surface area contributed by atoms with Crippen LogP contribution in [0.3, 0.4) is 0 Å². The first-order valence-electron chi connectivity index (χ1n) is 6.29. The molecule has 0 aromatic heterocycles. The SMILES string of the molecule is CC(C)N(C(Cl)=[N+](C(C)C)C(C)C)C(C)C.[Cl-]. The summed E-state index contributed by atoms with van der Waals surface area (Å²) in [4.78, 5) is 2.27. The highest BCUT2D eigenvalue weighted by Gasteiger charge is 2.29. The summed E-state index contributed by atoms with van der Waals surface area (Å²) in [6.07, 6.45) is 0. The molecule has 0 aromatic carbocycles. The average Bonchev–Trinajstić information content (AvgIpc) is 1.99. The van der Waals surface area contributed by atoms with E-state index >= 15 is 0 Å². The van der Waals surface area contributed by atoms with Crippen LogP contribution < -0.4 is 12.4 Å². The van der Waals surface area contributed by atoms with Crippen LogP contribution in [-0.2, 0) is 0 Å². The number of hydrogen-bond donors (Lipinski definition) is 0. The van der Waals surface area contributed by atoms with E-state index in [2.05, 4.69) is 64.9 Å². The molecule has 0 N–H and O–H groups in total. The predicted molar refractivity (Wildman–Crippen MR) is 73.5 cm³/mol. The molecule has 2 nitrogen and oxygen atoms in total. The molecule has 17 heavy (non-hydrogen) atoms. The maximum absolute atomic E-state index is 6.56. The maximum Gasteiger partial charge on any atom is 0.345 e. The topological polar surface area (TPSA) is 6.25 Å². The molecule has 0 radical (unpaired) electrons. The van der Waals surface area contributed by atoms with Gasteiger partial charge < -0.3 is 12.4 Å². The van der Waals surface area contributed by atoms with Gasteiger partial charge in [0.15, 0.2) is 0 Å². The maximum atomic E-state index is 6.56. The summed E-state index contributed by atoms with van der Waals surface area (Å²) < 4.78 is 2.27. The first-order valence-corrected chi connectivity index (χ1v) is 6.67. The van der Waals surface area contributed by atoms with Crippen LogP contribution in [0.4, 0.5) is 0 Å². The van der Waals surface area contributed by atoms with E-state index in [1.807, 2.05) is 0 Å². The van der Waals surface area contributed by atoms with Crippen molar-refractivity contribution >= 4 is 16.9 Å². The molecule has 0 spiro atoms. The summed E-state index contributed by atoms with van der Waals surface area (Å²) in [7, 11) is 0. The molecular weight excluding hydrogens is 255 g/mol. The molecule has 0 heterocycles. The van der Waals surface area contributed by atoms with Gasteiger partial charge in [-0.3, -0.25) is 0 Å². The van der Waals surface area contributed by atoms with Crippen LogP contribution in [0.15, 0.2) is 0 Å². The zero-order valence-electron chi connectivity index (χ0n) is 12.5. The van der Waals surface area contributed by atoms with E-state index in [0.29, 0.717) is 24.2 Å². The minimum atomic E-state index is 0. The molecular formula is C13H28Cl2N2. The van der Waals surface area contributed by atoms with E-state index in [0.717, 1.165) is 5.29 Å². The number of hydrogen-bond acceptors (Lipinski definition) is 0. The van der Waals surface area contributed by atoms with Crippen LogP contribution in [0.1, 0.15) is 55.4 Å². The van der Waals surface area contributed by atoms with Crippen LogP contribution in [0, 0.1) is 0 Å². The quantitative estimate of drug-likeness (QED) is 0.316. The predicted octanol–water partition coefficient (Wildman–Crippen LogP) is 0.533. The second-order valence-corrected chi connectivity index (χ2v) is 5.80. The third-order valence-corrected chi connectivity index (χ3v) is 3.04. The lowest BCUT2D eigenvalue weighted by Gasteiger charge is -2.28. The Morgan fingerprint density at radius 1 is 0.824 bits per heavy atom. The van der Waals surface area contributed by atoms with Gasteiger partial charge in [0, 0.05) is 11.6 Å². The van der Waals surface area contributed by atoms with Crippen molar-refractivity contribution < 1.29 is 17.0 Å². The molecule has 0 rings (SSSR count). The van der Waals surface area contributed by atoms with Crippen molar-refractivity contribution in [2.75, 3.05) is 0 Å². The molecule has 0 aliphatic rings. The Balaban J connectivity index is 0. The fourth-order valence-corrected chi connectivity index (χ4v) is 2.96. The third kappa shape index (κ3) is 5.48. The fraction of sp³-hybridized carbons (Fsp3) is 0.923. The summed E-state index contributed by atoms with van der Waals surface area (Å²) in [5.41, 5.74) is 0. The Bertz CT molecular complexity index is 228. The smallest absolute Gasteiger partial charge is 0.345 e. The molecule has 0 bridgehead atoms. The lowest BCUT2D eigenvalue weighted by atomic mass is 10.2. The van der Waals surface area contributed by atoms with E-state index in [1.165, 1.54) is 0 Å². The van der Waals surface area contributed by atoms with Gasteiger partial charge in [-0.1, -0.05) is 0 Å². The summed E-state index contributed by atoms with van der Waals surface area (Å²) >= 11 is 6.56. The number of nitrogens with zero attached hydrogens (tertiary/aromatic N) is 2. The van der Waals surface area contributed by atoms with Crippen LogP contribution in [0.2, 0.25) is 0 Å². The Kier molecular flexibility index (Phi) is 9.36. The third-order valence-electron chi connectivity index (χ3n) is 2.65. The van der Waals surface area contributed by atoms with E-state index in [9.17, 15) is 0 Å². The van der Waals surface area contributed by atoms with E-state index in [-0.39, 0.29) is 12.4 Å². The number of rotatable bonds is 4. The molecule has 0 saturated heterocycles. The van der Waals surface area contributed by atoms with Crippen LogP contribution in [0.5, 0.6) is 0 Å². The van der Waals surface area contributed by atoms with Crippen molar-refractivity contribution in [1.82, 2.24) is 4.90 Å². The lowest BCUT2D eigenvalue weighted by Crippen LogP contribution is -3.00. The first-order chi connectivity index (χ1) is 7.20. The van der Waals surface area contributed by atoms with Crippen molar-refractivity contribution in [3.63, 3.8) is 0 Å². The van der Waals surface area contributed by atoms with Crippen LogP contribution in [-0.4, -0.2) is 38.9 Å². The van der Waals surface area contributed by atoms with E-state index in [4.69, 9.17) is 11.6 Å². The molecule has 0 amide bonds. The molecule has 4 heteroatoms. The van der Waals surface area contributed by atoms with Gasteiger partial charge in [-0.15, -0.1) is 0 Å². The largest absolute Gasteiger partial charge is 1.00 e. The van der Waals surface area contributed by atoms with Crippen molar-refractivity contribution in [3.05, 3.63) is 0 Å². The second-order valence-electron chi connectivity index (χ2n) is 5.46. The molecule has 0 atom stereocenters. The van der Waals surface area contributed by atoms with Gasteiger partial charge in [-0.05, 0) is 55.4 Å². The van der Waals surface area contributed by atoms with Gasteiger partial charge in [-0.25, -0.2) is 9.48 Å². The van der Waals surface area contributed by atoms with E-state index < -0.39 is 0 Å². The Hall–Kier alpha value is 0.0500. The monoisotopic (exact) mass is 282 g/mol. The standard InChI is InChI=1S/C13H28ClN2.ClH/c1-9(2)15(10(3)4)13(14)16(11(5)6)12(7)8;/h9-12H,1-8H3;1H/q+1;/p-1.